The van der Waals surface area contributed by atoms with Gasteiger partial charge in [0.25, 0.3) is 0 Å². The number of nitrogens with zero attached hydrogens (tertiary/aromatic N) is 1. The highest BCUT2D eigenvalue weighted by atomic mass is 19.1. The fraction of sp³-hybridized carbons (Fsp3) is 0.562. The Morgan fingerprint density at radius 1 is 1.40 bits per heavy atom. The van der Waals surface area contributed by atoms with Gasteiger partial charge in [-0.05, 0) is 50.1 Å². The van der Waals surface area contributed by atoms with Crippen molar-refractivity contribution in [1.82, 2.24) is 4.90 Å². The Balaban J connectivity index is 1.73. The molecule has 0 aliphatic carbocycles. The van der Waals surface area contributed by atoms with Gasteiger partial charge in [-0.1, -0.05) is 0 Å². The summed E-state index contributed by atoms with van der Waals surface area (Å²) in [5.74, 6) is 0.336. The first kappa shape index (κ1) is 15.1. The number of carbonyl (C=O) groups is 1. The van der Waals surface area contributed by atoms with Crippen LogP contribution in [0.3, 0.4) is 0 Å². The predicted molar refractivity (Wildman–Crippen MR) is 76.4 cm³/mol. The van der Waals surface area contributed by atoms with Gasteiger partial charge >= 0.3 is 0 Å². The van der Waals surface area contributed by atoms with Gasteiger partial charge in [0.1, 0.15) is 5.82 Å². The van der Waals surface area contributed by atoms with Crippen LogP contribution in [0.1, 0.15) is 29.6 Å². The van der Waals surface area contributed by atoms with Gasteiger partial charge in [-0.3, -0.25) is 4.79 Å². The van der Waals surface area contributed by atoms with Gasteiger partial charge in [-0.15, -0.1) is 0 Å². The van der Waals surface area contributed by atoms with Crippen molar-refractivity contribution in [2.75, 3.05) is 33.4 Å². The topological polar surface area (TPSA) is 29.5 Å². The van der Waals surface area contributed by atoms with Crippen LogP contribution in [0.4, 0.5) is 4.39 Å². The minimum atomic E-state index is -0.309. The minimum absolute atomic E-state index is 0.0664. The van der Waals surface area contributed by atoms with E-state index in [2.05, 4.69) is 4.90 Å². The Kier molecular flexibility index (Phi) is 5.68. The molecule has 0 radical (unpaired) electrons. The zero-order valence-corrected chi connectivity index (χ0v) is 12.0. The molecule has 1 saturated heterocycles. The smallest absolute Gasteiger partial charge is 0.164 e. The second-order valence-corrected chi connectivity index (χ2v) is 5.53. The number of ketones is 1. The molecule has 2 rings (SSSR count). The van der Waals surface area contributed by atoms with Crippen molar-refractivity contribution >= 4 is 5.78 Å². The van der Waals surface area contributed by atoms with Gasteiger partial charge in [-0.25, -0.2) is 4.39 Å². The summed E-state index contributed by atoms with van der Waals surface area (Å²) in [6.07, 6.45) is 2.80. The van der Waals surface area contributed by atoms with E-state index >= 15 is 0 Å². The summed E-state index contributed by atoms with van der Waals surface area (Å²) in [5.41, 5.74) is 0.584. The molecular formula is C16H22FNO2. The Morgan fingerprint density at radius 3 is 2.80 bits per heavy atom. The number of ether oxygens (including phenoxy) is 1. The van der Waals surface area contributed by atoms with Gasteiger partial charge in [0.05, 0.1) is 6.61 Å². The molecule has 0 spiro atoms. The molecule has 0 aromatic heterocycles. The fourth-order valence-electron chi connectivity index (χ4n) is 2.56. The zero-order valence-electron chi connectivity index (χ0n) is 12.0. The number of rotatable bonds is 6. The van der Waals surface area contributed by atoms with Crippen LogP contribution >= 0.6 is 0 Å². The van der Waals surface area contributed by atoms with Crippen molar-refractivity contribution in [2.24, 2.45) is 5.92 Å². The van der Waals surface area contributed by atoms with E-state index in [1.165, 1.54) is 18.6 Å². The Hall–Kier alpha value is -1.26. The Bertz CT molecular complexity index is 427. The number of carbonyl (C=O) groups excluding carboxylic acids is 1. The van der Waals surface area contributed by atoms with Crippen LogP contribution in [-0.2, 0) is 4.74 Å². The molecule has 1 fully saturated rings. The fourth-order valence-corrected chi connectivity index (χ4v) is 2.56. The summed E-state index contributed by atoms with van der Waals surface area (Å²) in [6, 6.07) is 5.76. The van der Waals surface area contributed by atoms with Gasteiger partial charge in [-0.2, -0.15) is 0 Å². The largest absolute Gasteiger partial charge is 0.381 e. The molecule has 1 aliphatic rings. The molecule has 0 amide bonds. The van der Waals surface area contributed by atoms with Crippen LogP contribution in [0.5, 0.6) is 0 Å². The van der Waals surface area contributed by atoms with Gasteiger partial charge < -0.3 is 9.64 Å². The van der Waals surface area contributed by atoms with E-state index in [9.17, 15) is 9.18 Å². The first-order chi connectivity index (χ1) is 9.65. The lowest BCUT2D eigenvalue weighted by Gasteiger charge is -2.26. The second-order valence-electron chi connectivity index (χ2n) is 5.53. The Labute approximate surface area is 119 Å². The summed E-state index contributed by atoms with van der Waals surface area (Å²) in [6.45, 7) is 3.41. The molecule has 1 atom stereocenters. The van der Waals surface area contributed by atoms with Crippen molar-refractivity contribution in [3.05, 3.63) is 35.6 Å². The average molecular weight is 279 g/mol. The van der Waals surface area contributed by atoms with Crippen molar-refractivity contribution in [1.29, 1.82) is 0 Å². The lowest BCUT2D eigenvalue weighted by molar-refractivity contribution is 0.0418. The van der Waals surface area contributed by atoms with E-state index in [1.54, 1.807) is 12.1 Å². The van der Waals surface area contributed by atoms with E-state index in [0.717, 1.165) is 32.7 Å². The molecule has 1 aromatic carbocycles. The number of hydrogen-bond acceptors (Lipinski definition) is 3. The number of hydrogen-bond donors (Lipinski definition) is 0. The second kappa shape index (κ2) is 7.50. The Morgan fingerprint density at radius 2 is 2.15 bits per heavy atom. The summed E-state index contributed by atoms with van der Waals surface area (Å²) in [4.78, 5) is 14.2. The van der Waals surface area contributed by atoms with Crippen LogP contribution in [0.2, 0.25) is 0 Å². The van der Waals surface area contributed by atoms with E-state index < -0.39 is 0 Å². The average Bonchev–Trinajstić information content (AvgIpc) is 2.46. The molecule has 1 aliphatic heterocycles. The summed E-state index contributed by atoms with van der Waals surface area (Å²) >= 11 is 0. The molecule has 0 saturated carbocycles. The van der Waals surface area contributed by atoms with Crippen molar-refractivity contribution in [3.63, 3.8) is 0 Å². The maximum absolute atomic E-state index is 12.8. The van der Waals surface area contributed by atoms with Crippen LogP contribution in [0, 0.1) is 11.7 Å². The molecule has 20 heavy (non-hydrogen) atoms. The quantitative estimate of drug-likeness (QED) is 0.750. The third-order valence-electron chi connectivity index (χ3n) is 3.71. The van der Waals surface area contributed by atoms with E-state index in [0.29, 0.717) is 17.9 Å². The molecule has 110 valence electrons. The van der Waals surface area contributed by atoms with E-state index in [1.807, 2.05) is 7.05 Å². The van der Waals surface area contributed by atoms with Crippen LogP contribution in [0.25, 0.3) is 0 Å². The van der Waals surface area contributed by atoms with Crippen molar-refractivity contribution in [2.45, 2.75) is 19.3 Å². The first-order valence-electron chi connectivity index (χ1n) is 7.20. The molecule has 3 nitrogen and oxygen atoms in total. The molecule has 1 heterocycles. The summed E-state index contributed by atoms with van der Waals surface area (Å²) in [7, 11) is 2.03. The van der Waals surface area contributed by atoms with E-state index in [4.69, 9.17) is 4.74 Å². The highest BCUT2D eigenvalue weighted by Gasteiger charge is 2.16. The minimum Gasteiger partial charge on any atom is -0.381 e. The predicted octanol–water partition coefficient (Wildman–Crippen LogP) is 2.76. The normalized spacial score (nSPS) is 19.2. The van der Waals surface area contributed by atoms with Crippen LogP contribution < -0.4 is 0 Å². The molecule has 1 unspecified atom stereocenters. The monoisotopic (exact) mass is 279 g/mol. The van der Waals surface area contributed by atoms with Gasteiger partial charge in [0.2, 0.25) is 0 Å². The van der Waals surface area contributed by atoms with Crippen molar-refractivity contribution < 1.29 is 13.9 Å². The SMILES string of the molecule is CN(CCC(=O)c1ccc(F)cc1)CC1CCCOC1. The summed E-state index contributed by atoms with van der Waals surface area (Å²) < 4.78 is 18.3. The van der Waals surface area contributed by atoms with E-state index in [-0.39, 0.29) is 11.6 Å². The maximum atomic E-state index is 12.8. The number of Topliss-reactive ketones (excluding diaryl/α,β-unsaturated/α-hetero) is 1. The third kappa shape index (κ3) is 4.69. The molecular weight excluding hydrogens is 257 g/mol. The van der Waals surface area contributed by atoms with Crippen LogP contribution in [0.15, 0.2) is 24.3 Å². The molecule has 0 N–H and O–H groups in total. The maximum Gasteiger partial charge on any atom is 0.164 e. The lowest BCUT2D eigenvalue weighted by atomic mass is 10.0. The van der Waals surface area contributed by atoms with Gasteiger partial charge in [0.15, 0.2) is 5.78 Å². The number of benzene rings is 1. The van der Waals surface area contributed by atoms with Crippen molar-refractivity contribution in [3.8, 4) is 0 Å². The molecule has 4 heteroatoms. The summed E-state index contributed by atoms with van der Waals surface area (Å²) in [5, 5.41) is 0. The van der Waals surface area contributed by atoms with Gasteiger partial charge in [0, 0.05) is 31.7 Å². The highest BCUT2D eigenvalue weighted by Crippen LogP contribution is 2.14. The molecule has 0 bridgehead atoms. The standard InChI is InChI=1S/C16H22FNO2/c1-18(11-13-3-2-10-20-12-13)9-8-16(19)14-4-6-15(17)7-5-14/h4-7,13H,2-3,8-12H2,1H3. The lowest BCUT2D eigenvalue weighted by Crippen LogP contribution is -2.32. The van der Waals surface area contributed by atoms with Crippen LogP contribution in [-0.4, -0.2) is 44.0 Å². The zero-order chi connectivity index (χ0) is 14.4. The number of halogens is 1. The third-order valence-corrected chi connectivity index (χ3v) is 3.71. The first-order valence-corrected chi connectivity index (χ1v) is 7.20. The molecule has 1 aromatic rings. The highest BCUT2D eigenvalue weighted by molar-refractivity contribution is 5.96.